The minimum absolute atomic E-state index is 0.404. The van der Waals surface area contributed by atoms with Gasteiger partial charge in [0.25, 0.3) is 0 Å². The Hall–Kier alpha value is -1.78. The summed E-state index contributed by atoms with van der Waals surface area (Å²) in [6, 6.07) is 5.61. The fourth-order valence-corrected chi connectivity index (χ4v) is 3.74. The maximum absolute atomic E-state index is 6.39. The zero-order valence-corrected chi connectivity index (χ0v) is 15.8. The number of benzene rings is 1. The van der Waals surface area contributed by atoms with Gasteiger partial charge in [-0.3, -0.25) is 4.40 Å². The van der Waals surface area contributed by atoms with Crippen molar-refractivity contribution in [2.75, 3.05) is 18.0 Å². The molecule has 1 aliphatic heterocycles. The first kappa shape index (κ1) is 16.7. The maximum Gasteiger partial charge on any atom is 0.154 e. The van der Waals surface area contributed by atoms with E-state index in [4.69, 9.17) is 23.2 Å². The summed E-state index contributed by atoms with van der Waals surface area (Å²) >= 11 is 12.6. The zero-order chi connectivity index (χ0) is 17.6. The van der Waals surface area contributed by atoms with Gasteiger partial charge in [-0.15, -0.1) is 0 Å². The topological polar surface area (TPSA) is 33.4 Å². The van der Waals surface area contributed by atoms with Crippen LogP contribution in [0.1, 0.15) is 26.7 Å². The van der Waals surface area contributed by atoms with Gasteiger partial charge in [0.05, 0.1) is 16.2 Å². The lowest BCUT2D eigenvalue weighted by Gasteiger charge is -2.37. The van der Waals surface area contributed by atoms with Gasteiger partial charge in [-0.25, -0.2) is 9.97 Å². The van der Waals surface area contributed by atoms with Gasteiger partial charge in [0.2, 0.25) is 0 Å². The highest BCUT2D eigenvalue weighted by atomic mass is 35.5. The molecule has 1 fully saturated rings. The first-order valence-corrected chi connectivity index (χ1v) is 9.23. The lowest BCUT2D eigenvalue weighted by Crippen LogP contribution is -2.37. The fourth-order valence-electron chi connectivity index (χ4n) is 3.36. The van der Waals surface area contributed by atoms with Crippen molar-refractivity contribution in [3.8, 4) is 11.4 Å². The Morgan fingerprint density at radius 2 is 1.84 bits per heavy atom. The Balaban J connectivity index is 1.78. The lowest BCUT2D eigenvalue weighted by atomic mass is 9.83. The van der Waals surface area contributed by atoms with Gasteiger partial charge in [-0.2, -0.15) is 0 Å². The number of anilines is 1. The molecule has 0 atom stereocenters. The number of hydrogen-bond acceptors (Lipinski definition) is 3. The molecule has 3 heterocycles. The van der Waals surface area contributed by atoms with E-state index in [0.717, 1.165) is 48.7 Å². The zero-order valence-electron chi connectivity index (χ0n) is 14.3. The molecular weight excluding hydrogens is 355 g/mol. The van der Waals surface area contributed by atoms with E-state index in [1.165, 1.54) is 0 Å². The van der Waals surface area contributed by atoms with E-state index >= 15 is 0 Å². The predicted octanol–water partition coefficient (Wildman–Crippen LogP) is 5.33. The van der Waals surface area contributed by atoms with Crippen molar-refractivity contribution in [2.45, 2.75) is 26.7 Å². The molecule has 1 saturated heterocycles. The van der Waals surface area contributed by atoms with Gasteiger partial charge in [-0.1, -0.05) is 43.1 Å². The molecule has 0 unspecified atom stereocenters. The van der Waals surface area contributed by atoms with Crippen LogP contribution in [-0.4, -0.2) is 27.5 Å². The molecule has 0 saturated carbocycles. The molecule has 3 aromatic rings. The largest absolute Gasteiger partial charge is 0.355 e. The van der Waals surface area contributed by atoms with Gasteiger partial charge in [0.1, 0.15) is 11.3 Å². The van der Waals surface area contributed by atoms with Crippen molar-refractivity contribution in [1.82, 2.24) is 14.4 Å². The van der Waals surface area contributed by atoms with Crippen molar-refractivity contribution >= 4 is 34.5 Å². The molecular formula is C19H20Cl2N4. The highest BCUT2D eigenvalue weighted by molar-refractivity contribution is 6.43. The van der Waals surface area contributed by atoms with Crippen LogP contribution in [0.4, 0.5) is 5.82 Å². The van der Waals surface area contributed by atoms with Crippen molar-refractivity contribution in [3.05, 3.63) is 46.8 Å². The average molecular weight is 375 g/mol. The SMILES string of the molecule is CC1(C)CCN(c2nccn3c(-c4cccc(Cl)c4Cl)ncc23)CC1. The smallest absolute Gasteiger partial charge is 0.154 e. The lowest BCUT2D eigenvalue weighted by molar-refractivity contribution is 0.279. The summed E-state index contributed by atoms with van der Waals surface area (Å²) in [5.41, 5.74) is 2.22. The highest BCUT2D eigenvalue weighted by Gasteiger charge is 2.27. The molecule has 0 bridgehead atoms. The molecule has 1 aliphatic rings. The molecule has 4 nitrogen and oxygen atoms in total. The summed E-state index contributed by atoms with van der Waals surface area (Å²) < 4.78 is 2.04. The standard InChI is InChI=1S/C19H20Cl2N4/c1-19(2)6-9-24(10-7-19)18-15-12-23-17(25(15)11-8-22-18)13-4-3-5-14(20)16(13)21/h3-5,8,11-12H,6-7,9-10H2,1-2H3. The Bertz CT molecular complexity index is 922. The number of piperidine rings is 1. The summed E-state index contributed by atoms with van der Waals surface area (Å²) in [6.45, 7) is 6.68. The third kappa shape index (κ3) is 2.98. The number of halogens is 2. The van der Waals surface area contributed by atoms with Gasteiger partial charge < -0.3 is 4.90 Å². The van der Waals surface area contributed by atoms with Gasteiger partial charge in [0.15, 0.2) is 5.82 Å². The van der Waals surface area contributed by atoms with Crippen LogP contribution in [0, 0.1) is 5.41 Å². The minimum atomic E-state index is 0.404. The molecule has 0 aliphatic carbocycles. The Kier molecular flexibility index (Phi) is 4.13. The van der Waals surface area contributed by atoms with E-state index < -0.39 is 0 Å². The predicted molar refractivity (Wildman–Crippen MR) is 104 cm³/mol. The van der Waals surface area contributed by atoms with Crippen molar-refractivity contribution in [3.63, 3.8) is 0 Å². The second-order valence-electron chi connectivity index (χ2n) is 7.34. The number of aromatic nitrogens is 3. The monoisotopic (exact) mass is 374 g/mol. The normalized spacial score (nSPS) is 17.2. The van der Waals surface area contributed by atoms with Crippen molar-refractivity contribution in [1.29, 1.82) is 0 Å². The second kappa shape index (κ2) is 6.19. The van der Waals surface area contributed by atoms with Crippen LogP contribution in [0.5, 0.6) is 0 Å². The molecule has 0 radical (unpaired) electrons. The molecule has 25 heavy (non-hydrogen) atoms. The Morgan fingerprint density at radius 1 is 1.08 bits per heavy atom. The quantitative estimate of drug-likeness (QED) is 0.607. The third-order valence-corrected chi connectivity index (χ3v) is 5.87. The van der Waals surface area contributed by atoms with Crippen LogP contribution in [0.3, 0.4) is 0 Å². The number of fused-ring (bicyclic) bond motifs is 1. The molecule has 0 amide bonds. The minimum Gasteiger partial charge on any atom is -0.355 e. The molecule has 1 aromatic carbocycles. The molecule has 2 aromatic heterocycles. The first-order valence-electron chi connectivity index (χ1n) is 8.48. The summed E-state index contributed by atoms with van der Waals surface area (Å²) in [5, 5.41) is 1.05. The first-order chi connectivity index (χ1) is 12.0. The number of rotatable bonds is 2. The van der Waals surface area contributed by atoms with Crippen LogP contribution in [-0.2, 0) is 0 Å². The second-order valence-corrected chi connectivity index (χ2v) is 8.13. The average Bonchev–Trinajstić information content (AvgIpc) is 3.01. The summed E-state index contributed by atoms with van der Waals surface area (Å²) in [6.07, 6.45) is 7.94. The Labute approximate surface area is 157 Å². The number of nitrogens with zero attached hydrogens (tertiary/aromatic N) is 4. The van der Waals surface area contributed by atoms with E-state index in [1.54, 1.807) is 6.07 Å². The molecule has 4 rings (SSSR count). The molecule has 6 heteroatoms. The summed E-state index contributed by atoms with van der Waals surface area (Å²) in [5.74, 6) is 1.76. The van der Waals surface area contributed by atoms with Gasteiger partial charge in [0, 0.05) is 31.0 Å². The van der Waals surface area contributed by atoms with E-state index in [9.17, 15) is 0 Å². The Morgan fingerprint density at radius 3 is 2.60 bits per heavy atom. The fraction of sp³-hybridized carbons (Fsp3) is 0.368. The third-order valence-electron chi connectivity index (χ3n) is 5.05. The van der Waals surface area contributed by atoms with Crippen LogP contribution in [0.25, 0.3) is 16.9 Å². The van der Waals surface area contributed by atoms with Gasteiger partial charge in [-0.05, 0) is 30.4 Å². The molecule has 0 N–H and O–H groups in total. The van der Waals surface area contributed by atoms with Crippen LogP contribution in [0.15, 0.2) is 36.8 Å². The van der Waals surface area contributed by atoms with Gasteiger partial charge >= 0.3 is 0 Å². The molecule has 130 valence electrons. The number of hydrogen-bond donors (Lipinski definition) is 0. The van der Waals surface area contributed by atoms with E-state index in [0.29, 0.717) is 15.5 Å². The molecule has 0 spiro atoms. The van der Waals surface area contributed by atoms with Crippen LogP contribution < -0.4 is 4.90 Å². The van der Waals surface area contributed by atoms with Crippen LogP contribution in [0.2, 0.25) is 10.0 Å². The number of imidazole rings is 1. The van der Waals surface area contributed by atoms with Crippen molar-refractivity contribution in [2.24, 2.45) is 5.41 Å². The summed E-state index contributed by atoms with van der Waals surface area (Å²) in [4.78, 5) is 11.6. The van der Waals surface area contributed by atoms with E-state index in [2.05, 4.69) is 28.7 Å². The van der Waals surface area contributed by atoms with E-state index in [1.807, 2.05) is 35.1 Å². The van der Waals surface area contributed by atoms with Crippen molar-refractivity contribution < 1.29 is 0 Å². The highest BCUT2D eigenvalue weighted by Crippen LogP contribution is 2.36. The summed E-state index contributed by atoms with van der Waals surface area (Å²) in [7, 11) is 0. The van der Waals surface area contributed by atoms with E-state index in [-0.39, 0.29) is 0 Å². The van der Waals surface area contributed by atoms with Crippen LogP contribution >= 0.6 is 23.2 Å². The maximum atomic E-state index is 6.39.